The number of carboxylic acids is 3. The Labute approximate surface area is 245 Å². The summed E-state index contributed by atoms with van der Waals surface area (Å²) in [5.41, 5.74) is 6.66. The summed E-state index contributed by atoms with van der Waals surface area (Å²) in [6.45, 7) is 0. The minimum atomic E-state index is -1.48. The molecule has 4 atom stereocenters. The molecule has 232 valence electrons. The monoisotopic (exact) mass is 602 g/mol. The minimum absolute atomic E-state index is 0.0382. The maximum Gasteiger partial charge on any atom is 0.326 e. The zero-order chi connectivity index (χ0) is 32.1. The number of phenolic OH excluding ortho intramolecular Hbond substituents is 2. The first-order chi connectivity index (χ1) is 20.2. The number of aromatic hydroxyl groups is 2. The van der Waals surface area contributed by atoms with E-state index in [-0.39, 0.29) is 30.8 Å². The van der Waals surface area contributed by atoms with Crippen LogP contribution in [-0.4, -0.2) is 85.3 Å². The van der Waals surface area contributed by atoms with Crippen LogP contribution in [0.3, 0.4) is 0 Å². The van der Waals surface area contributed by atoms with Gasteiger partial charge >= 0.3 is 17.9 Å². The average molecular weight is 603 g/mol. The topological polar surface area (TPSA) is 266 Å². The number of benzene rings is 2. The van der Waals surface area contributed by atoms with Gasteiger partial charge in [-0.1, -0.05) is 24.3 Å². The van der Waals surface area contributed by atoms with E-state index in [2.05, 4.69) is 16.0 Å². The molecule has 0 radical (unpaired) electrons. The van der Waals surface area contributed by atoms with Crippen LogP contribution >= 0.6 is 0 Å². The lowest BCUT2D eigenvalue weighted by Crippen LogP contribution is -2.58. The highest BCUT2D eigenvalue weighted by Crippen LogP contribution is 2.14. The Hall–Kier alpha value is -5.18. The highest BCUT2D eigenvalue weighted by atomic mass is 16.4. The highest BCUT2D eigenvalue weighted by Gasteiger charge is 2.31. The molecule has 15 nitrogen and oxygen atoms in total. The van der Waals surface area contributed by atoms with Gasteiger partial charge < -0.3 is 47.2 Å². The molecular weight excluding hydrogens is 568 g/mol. The molecule has 3 amide bonds. The second kappa shape index (κ2) is 16.3. The fourth-order valence-corrected chi connectivity index (χ4v) is 3.91. The summed E-state index contributed by atoms with van der Waals surface area (Å²) < 4.78 is 0. The largest absolute Gasteiger partial charge is 0.508 e. The minimum Gasteiger partial charge on any atom is -0.508 e. The molecule has 4 unspecified atom stereocenters. The molecule has 2 aromatic rings. The van der Waals surface area contributed by atoms with Gasteiger partial charge in [-0.25, -0.2) is 4.79 Å². The first-order valence-electron chi connectivity index (χ1n) is 13.1. The number of carbonyl (C=O) groups is 6. The van der Waals surface area contributed by atoms with E-state index in [1.165, 1.54) is 48.5 Å². The summed E-state index contributed by atoms with van der Waals surface area (Å²) in [4.78, 5) is 73.1. The predicted molar refractivity (Wildman–Crippen MR) is 149 cm³/mol. The molecule has 0 aliphatic carbocycles. The lowest BCUT2D eigenvalue weighted by atomic mass is 10.0. The molecule has 0 heterocycles. The highest BCUT2D eigenvalue weighted by molar-refractivity contribution is 5.94. The first-order valence-corrected chi connectivity index (χ1v) is 13.1. The SMILES string of the molecule is NC(CCC(=O)O)C(=O)NC(CCC(=O)O)C(=O)NC(Cc1ccc(O)cc1)C(=O)NC(Cc1ccc(O)cc1)C(=O)O. The molecule has 0 aliphatic rings. The lowest BCUT2D eigenvalue weighted by molar-refractivity contribution is -0.142. The van der Waals surface area contributed by atoms with Crippen molar-refractivity contribution in [1.29, 1.82) is 0 Å². The maximum atomic E-state index is 13.3. The van der Waals surface area contributed by atoms with E-state index >= 15 is 0 Å². The molecule has 0 bridgehead atoms. The Kier molecular flexibility index (Phi) is 12.9. The van der Waals surface area contributed by atoms with Crippen molar-refractivity contribution in [3.63, 3.8) is 0 Å². The van der Waals surface area contributed by atoms with Crippen LogP contribution in [-0.2, 0) is 41.6 Å². The van der Waals surface area contributed by atoms with E-state index in [0.29, 0.717) is 11.1 Å². The molecule has 10 N–H and O–H groups in total. The molecule has 43 heavy (non-hydrogen) atoms. The third-order valence-corrected chi connectivity index (χ3v) is 6.29. The van der Waals surface area contributed by atoms with Gasteiger partial charge in [-0.3, -0.25) is 24.0 Å². The number of rotatable bonds is 17. The van der Waals surface area contributed by atoms with E-state index in [4.69, 9.17) is 15.9 Å². The third kappa shape index (κ3) is 12.1. The summed E-state index contributed by atoms with van der Waals surface area (Å²) in [6, 6.07) is 5.62. The molecule has 15 heteroatoms. The van der Waals surface area contributed by atoms with Gasteiger partial charge in [0.2, 0.25) is 17.7 Å². The lowest BCUT2D eigenvalue weighted by Gasteiger charge is -2.25. The van der Waals surface area contributed by atoms with Crippen LogP contribution in [0.5, 0.6) is 11.5 Å². The fraction of sp³-hybridized carbons (Fsp3) is 0.357. The van der Waals surface area contributed by atoms with Gasteiger partial charge in [-0.05, 0) is 48.2 Å². The van der Waals surface area contributed by atoms with Gasteiger partial charge in [0, 0.05) is 25.7 Å². The van der Waals surface area contributed by atoms with E-state index < -0.39 is 79.1 Å². The quantitative estimate of drug-likeness (QED) is 0.111. The molecule has 0 saturated carbocycles. The van der Waals surface area contributed by atoms with E-state index in [9.17, 15) is 44.1 Å². The average Bonchev–Trinajstić information content (AvgIpc) is 2.94. The van der Waals surface area contributed by atoms with Crippen molar-refractivity contribution in [1.82, 2.24) is 16.0 Å². The number of amides is 3. The normalized spacial score (nSPS) is 13.5. The number of nitrogens with one attached hydrogen (secondary N) is 3. The number of aliphatic carboxylic acids is 3. The fourth-order valence-electron chi connectivity index (χ4n) is 3.91. The second-order valence-corrected chi connectivity index (χ2v) is 9.73. The van der Waals surface area contributed by atoms with Crippen LogP contribution in [0.2, 0.25) is 0 Å². The number of phenols is 2. The van der Waals surface area contributed by atoms with E-state index in [1.807, 2.05) is 0 Å². The van der Waals surface area contributed by atoms with Crippen molar-refractivity contribution in [2.24, 2.45) is 5.73 Å². The zero-order valence-electron chi connectivity index (χ0n) is 22.9. The molecule has 0 aromatic heterocycles. The Morgan fingerprint density at radius 3 is 1.44 bits per heavy atom. The van der Waals surface area contributed by atoms with Crippen molar-refractivity contribution >= 4 is 35.6 Å². The molecule has 2 rings (SSSR count). The van der Waals surface area contributed by atoms with Crippen molar-refractivity contribution in [2.75, 3.05) is 0 Å². The molecular formula is C28H34N4O11. The molecule has 0 saturated heterocycles. The van der Waals surface area contributed by atoms with Crippen molar-refractivity contribution in [2.45, 2.75) is 62.7 Å². The summed E-state index contributed by atoms with van der Waals surface area (Å²) >= 11 is 0. The summed E-state index contributed by atoms with van der Waals surface area (Å²) in [5.74, 6) is -6.74. The standard InChI is InChI=1S/C28H34N4O11/c29-19(9-11-23(35)36)25(39)30-20(10-12-24(37)38)26(40)31-21(13-15-1-5-17(33)6-2-15)27(41)32-22(28(42)43)14-16-3-7-18(34)8-4-16/h1-8,19-22,33-34H,9-14,29H2,(H,30,39)(H,31,40)(H,32,41)(H,35,36)(H,37,38)(H,42,43). The van der Waals surface area contributed by atoms with Crippen LogP contribution in [0.15, 0.2) is 48.5 Å². The van der Waals surface area contributed by atoms with Gasteiger partial charge in [-0.15, -0.1) is 0 Å². The number of nitrogens with two attached hydrogens (primary N) is 1. The zero-order valence-corrected chi connectivity index (χ0v) is 22.9. The molecule has 0 aliphatic heterocycles. The molecule has 2 aromatic carbocycles. The number of hydrogen-bond acceptors (Lipinski definition) is 9. The van der Waals surface area contributed by atoms with Gasteiger partial charge in [0.25, 0.3) is 0 Å². The number of hydrogen-bond donors (Lipinski definition) is 9. The maximum absolute atomic E-state index is 13.3. The van der Waals surface area contributed by atoms with Crippen LogP contribution in [0, 0.1) is 0 Å². The van der Waals surface area contributed by atoms with Gasteiger partial charge in [0.15, 0.2) is 0 Å². The first kappa shape index (κ1) is 34.0. The van der Waals surface area contributed by atoms with Gasteiger partial charge in [0.1, 0.15) is 29.6 Å². The third-order valence-electron chi connectivity index (χ3n) is 6.29. The number of carboxylic acid groups (broad SMARTS) is 3. The van der Waals surface area contributed by atoms with Crippen LogP contribution in [0.25, 0.3) is 0 Å². The smallest absolute Gasteiger partial charge is 0.326 e. The summed E-state index contributed by atoms with van der Waals surface area (Å²) in [6.07, 6.45) is -1.97. The van der Waals surface area contributed by atoms with Crippen molar-refractivity contribution in [3.8, 4) is 11.5 Å². The second-order valence-electron chi connectivity index (χ2n) is 9.73. The van der Waals surface area contributed by atoms with Gasteiger partial charge in [-0.2, -0.15) is 0 Å². The van der Waals surface area contributed by atoms with Crippen LogP contribution < -0.4 is 21.7 Å². The predicted octanol–water partition coefficient (Wildman–Crippen LogP) is -0.521. The van der Waals surface area contributed by atoms with E-state index in [1.54, 1.807) is 0 Å². The van der Waals surface area contributed by atoms with Crippen LogP contribution in [0.1, 0.15) is 36.8 Å². The van der Waals surface area contributed by atoms with Crippen molar-refractivity contribution in [3.05, 3.63) is 59.7 Å². The van der Waals surface area contributed by atoms with E-state index in [0.717, 1.165) is 0 Å². The molecule has 0 fully saturated rings. The molecule has 0 spiro atoms. The number of carbonyl (C=O) groups excluding carboxylic acids is 3. The van der Waals surface area contributed by atoms with Crippen molar-refractivity contribution < 1.29 is 54.3 Å². The van der Waals surface area contributed by atoms with Crippen LogP contribution in [0.4, 0.5) is 0 Å². The Morgan fingerprint density at radius 2 is 0.977 bits per heavy atom. The Balaban J connectivity index is 2.28. The Bertz CT molecular complexity index is 1300. The summed E-state index contributed by atoms with van der Waals surface area (Å²) in [5, 5.41) is 53.8. The Morgan fingerprint density at radius 1 is 0.581 bits per heavy atom. The van der Waals surface area contributed by atoms with Gasteiger partial charge in [0.05, 0.1) is 6.04 Å². The summed E-state index contributed by atoms with van der Waals surface area (Å²) in [7, 11) is 0.